The van der Waals surface area contributed by atoms with Crippen LogP contribution < -0.4 is 27.4 Å². The molecule has 0 unspecified atom stereocenters. The Bertz CT molecular complexity index is 647. The number of aliphatic hydroxyl groups excluding tert-OH is 2. The number of hydrogen-bond donors (Lipinski definition) is 8. The Morgan fingerprint density at radius 3 is 2.26 bits per heavy atom. The molecule has 0 bridgehead atoms. The lowest BCUT2D eigenvalue weighted by Gasteiger charge is -2.49. The molecule has 1 saturated carbocycles. The van der Waals surface area contributed by atoms with Gasteiger partial charge in [-0.15, -0.1) is 0 Å². The van der Waals surface area contributed by atoms with E-state index in [0.29, 0.717) is 6.42 Å². The van der Waals surface area contributed by atoms with E-state index in [1.54, 1.807) is 21.0 Å². The van der Waals surface area contributed by atoms with E-state index in [4.69, 9.17) is 30.4 Å². The highest BCUT2D eigenvalue weighted by molar-refractivity contribution is 5.02. The van der Waals surface area contributed by atoms with Gasteiger partial charge in [-0.3, -0.25) is 0 Å². The predicted octanol–water partition coefficient (Wildman–Crippen LogP) is -3.07. The fraction of sp³-hybridized carbons (Fsp3) is 1.00. The van der Waals surface area contributed by atoms with Gasteiger partial charge in [0.1, 0.15) is 30.0 Å². The Morgan fingerprint density at radius 1 is 0.971 bits per heavy atom. The molecule has 3 fully saturated rings. The van der Waals surface area contributed by atoms with Crippen LogP contribution in [0.1, 0.15) is 33.1 Å². The van der Waals surface area contributed by atoms with Gasteiger partial charge < -0.3 is 61.7 Å². The molecule has 10 N–H and O–H groups in total. The molecule has 0 aromatic rings. The van der Waals surface area contributed by atoms with Crippen LogP contribution in [0.3, 0.4) is 0 Å². The second-order valence-electron chi connectivity index (χ2n) is 10.1. The van der Waals surface area contributed by atoms with Crippen LogP contribution in [0.15, 0.2) is 0 Å². The minimum Gasteiger partial charge on any atom is -0.388 e. The molecule has 3 rings (SSSR count). The Balaban J connectivity index is 1.72. The van der Waals surface area contributed by atoms with Gasteiger partial charge in [-0.1, -0.05) is 0 Å². The first-order valence-electron chi connectivity index (χ1n) is 12.2. The van der Waals surface area contributed by atoms with Crippen molar-refractivity contribution in [2.75, 3.05) is 27.7 Å². The molecule has 34 heavy (non-hydrogen) atoms. The Kier molecular flexibility index (Phi) is 9.68. The Morgan fingerprint density at radius 2 is 1.65 bits per heavy atom. The summed E-state index contributed by atoms with van der Waals surface area (Å²) in [6.45, 7) is 3.57. The monoisotopic (exact) mass is 491 g/mol. The highest BCUT2D eigenvalue weighted by atomic mass is 16.7. The highest BCUT2D eigenvalue weighted by Gasteiger charge is 2.51. The van der Waals surface area contributed by atoms with E-state index in [1.165, 1.54) is 0 Å². The Hall–Kier alpha value is -0.480. The van der Waals surface area contributed by atoms with Crippen LogP contribution in [-0.2, 0) is 18.9 Å². The van der Waals surface area contributed by atoms with Crippen molar-refractivity contribution >= 4 is 0 Å². The molecule has 2 saturated heterocycles. The second kappa shape index (κ2) is 11.7. The highest BCUT2D eigenvalue weighted by Crippen LogP contribution is 2.32. The van der Waals surface area contributed by atoms with Gasteiger partial charge in [-0.2, -0.15) is 0 Å². The van der Waals surface area contributed by atoms with Crippen LogP contribution in [-0.4, -0.2) is 122 Å². The average Bonchev–Trinajstić information content (AvgIpc) is 2.80. The van der Waals surface area contributed by atoms with Crippen molar-refractivity contribution in [2.45, 2.75) is 112 Å². The standard InChI is InChI=1S/C22H45N5O7/c1-10(25-3)14-7-6-11(23)20(32-14)34-18-13(26-4)8-12(24)17(15(18)28)33-21-16(29)19(27-5)22(2,30)9-31-21/h10-21,25-30H,6-9,23-24H2,1-5H3/t10-,11-,12-,13+,14+,15-,16+,17+,18-,19+,20+,21-,22+/m1/s1. The quantitative estimate of drug-likeness (QED) is 0.172. The summed E-state index contributed by atoms with van der Waals surface area (Å²) in [6, 6.07) is -1.69. The summed E-state index contributed by atoms with van der Waals surface area (Å²) in [5.41, 5.74) is 11.4. The summed E-state index contributed by atoms with van der Waals surface area (Å²) in [6.07, 6.45) is -3.72. The van der Waals surface area contributed by atoms with Gasteiger partial charge in [0.15, 0.2) is 12.6 Å². The first-order chi connectivity index (χ1) is 16.0. The zero-order valence-corrected chi connectivity index (χ0v) is 20.9. The van der Waals surface area contributed by atoms with Crippen molar-refractivity contribution in [2.24, 2.45) is 11.5 Å². The van der Waals surface area contributed by atoms with Gasteiger partial charge in [0.25, 0.3) is 0 Å². The molecular formula is C22H45N5O7. The lowest BCUT2D eigenvalue weighted by atomic mass is 9.83. The topological polar surface area (TPSA) is 186 Å². The van der Waals surface area contributed by atoms with Crippen molar-refractivity contribution < 1.29 is 34.3 Å². The average molecular weight is 492 g/mol. The molecule has 2 heterocycles. The van der Waals surface area contributed by atoms with Crippen molar-refractivity contribution in [3.8, 4) is 0 Å². The molecule has 12 nitrogen and oxygen atoms in total. The van der Waals surface area contributed by atoms with Crippen molar-refractivity contribution in [3.05, 3.63) is 0 Å². The summed E-state index contributed by atoms with van der Waals surface area (Å²) < 4.78 is 24.1. The normalized spacial score (nSPS) is 49.1. The predicted molar refractivity (Wildman–Crippen MR) is 125 cm³/mol. The molecule has 0 amide bonds. The van der Waals surface area contributed by atoms with Gasteiger partial charge in [0, 0.05) is 18.1 Å². The van der Waals surface area contributed by atoms with Gasteiger partial charge in [0.2, 0.25) is 0 Å². The molecule has 3 aliphatic rings. The fourth-order valence-electron chi connectivity index (χ4n) is 5.27. The number of nitrogens with one attached hydrogen (secondary N) is 3. The lowest BCUT2D eigenvalue weighted by molar-refractivity contribution is -0.308. The number of likely N-dealkylation sites (N-methyl/N-ethyl adjacent to an activating group) is 3. The second-order valence-corrected chi connectivity index (χ2v) is 10.1. The van der Waals surface area contributed by atoms with Gasteiger partial charge >= 0.3 is 0 Å². The van der Waals surface area contributed by atoms with Crippen LogP contribution in [0.25, 0.3) is 0 Å². The minimum atomic E-state index is -1.28. The van der Waals surface area contributed by atoms with Crippen LogP contribution in [0, 0.1) is 0 Å². The molecule has 2 aliphatic heterocycles. The van der Waals surface area contributed by atoms with E-state index < -0.39 is 54.7 Å². The molecule has 0 aromatic carbocycles. The molecular weight excluding hydrogens is 446 g/mol. The van der Waals surface area contributed by atoms with Gasteiger partial charge in [-0.05, 0) is 54.3 Å². The summed E-state index contributed by atoms with van der Waals surface area (Å²) in [4.78, 5) is 0. The number of hydrogen-bond acceptors (Lipinski definition) is 12. The van der Waals surface area contributed by atoms with Crippen LogP contribution in [0.2, 0.25) is 0 Å². The number of ether oxygens (including phenoxy) is 4. The van der Waals surface area contributed by atoms with Gasteiger partial charge in [0.05, 0.1) is 24.8 Å². The molecule has 200 valence electrons. The van der Waals surface area contributed by atoms with E-state index in [2.05, 4.69) is 16.0 Å². The zero-order chi connectivity index (χ0) is 25.2. The number of rotatable bonds is 8. The van der Waals surface area contributed by atoms with Crippen LogP contribution in [0.4, 0.5) is 0 Å². The Labute approximate surface area is 202 Å². The van der Waals surface area contributed by atoms with E-state index in [1.807, 2.05) is 14.0 Å². The van der Waals surface area contributed by atoms with E-state index >= 15 is 0 Å². The van der Waals surface area contributed by atoms with Crippen molar-refractivity contribution in [3.63, 3.8) is 0 Å². The van der Waals surface area contributed by atoms with Crippen molar-refractivity contribution in [1.82, 2.24) is 16.0 Å². The van der Waals surface area contributed by atoms with Crippen LogP contribution in [0.5, 0.6) is 0 Å². The molecule has 0 radical (unpaired) electrons. The summed E-state index contributed by atoms with van der Waals surface area (Å²) in [5.74, 6) is 0. The third-order valence-corrected chi connectivity index (χ3v) is 7.57. The van der Waals surface area contributed by atoms with E-state index in [9.17, 15) is 15.3 Å². The largest absolute Gasteiger partial charge is 0.388 e. The molecule has 0 spiro atoms. The van der Waals surface area contributed by atoms with Crippen LogP contribution >= 0.6 is 0 Å². The minimum absolute atomic E-state index is 0.0485. The molecule has 1 aliphatic carbocycles. The number of nitrogens with two attached hydrogens (primary N) is 2. The third-order valence-electron chi connectivity index (χ3n) is 7.57. The maximum atomic E-state index is 11.3. The molecule has 0 aromatic heterocycles. The molecule has 13 atom stereocenters. The van der Waals surface area contributed by atoms with E-state index in [0.717, 1.165) is 12.8 Å². The third kappa shape index (κ3) is 5.90. The maximum Gasteiger partial charge on any atom is 0.185 e. The summed E-state index contributed by atoms with van der Waals surface area (Å²) in [5, 5.41) is 41.8. The zero-order valence-electron chi connectivity index (χ0n) is 20.9. The molecule has 12 heteroatoms. The fourth-order valence-corrected chi connectivity index (χ4v) is 5.27. The smallest absolute Gasteiger partial charge is 0.185 e. The SMILES string of the molecule is CN[C@H]1C[C@@H](N)[C@H](O[C@H]2OC[C@](C)(O)[C@@H](NC)[C@@H]2O)[C@@H](O)[C@@H]1O[C@@H]1O[C@H]([C@@H](C)NC)CC[C@H]1N. The summed E-state index contributed by atoms with van der Waals surface area (Å²) >= 11 is 0. The van der Waals surface area contributed by atoms with E-state index in [-0.39, 0.29) is 30.8 Å². The first kappa shape index (κ1) is 28.1. The maximum absolute atomic E-state index is 11.3. The first-order valence-corrected chi connectivity index (χ1v) is 12.2. The summed E-state index contributed by atoms with van der Waals surface area (Å²) in [7, 11) is 5.30. The van der Waals surface area contributed by atoms with Crippen molar-refractivity contribution in [1.29, 1.82) is 0 Å². The lowest BCUT2D eigenvalue weighted by Crippen LogP contribution is -2.69. The number of aliphatic hydroxyl groups is 3. The van der Waals surface area contributed by atoms with Gasteiger partial charge in [-0.25, -0.2) is 0 Å².